The summed E-state index contributed by atoms with van der Waals surface area (Å²) in [6, 6.07) is -0.138. The first-order valence-corrected chi connectivity index (χ1v) is 8.18. The highest BCUT2D eigenvalue weighted by atomic mass is 16.5. The van der Waals surface area contributed by atoms with E-state index in [0.29, 0.717) is 23.8 Å². The first-order chi connectivity index (χ1) is 11.0. The van der Waals surface area contributed by atoms with Crippen molar-refractivity contribution in [3.05, 3.63) is 28.7 Å². The molecule has 0 N–H and O–H groups in total. The number of aryl methyl sites for hydroxylation is 3. The molecule has 0 spiro atoms. The van der Waals surface area contributed by atoms with Crippen LogP contribution in [0.5, 0.6) is 0 Å². The minimum absolute atomic E-state index is 0.0141. The predicted molar refractivity (Wildman–Crippen MR) is 84.0 cm³/mol. The zero-order chi connectivity index (χ0) is 16.6. The van der Waals surface area contributed by atoms with Gasteiger partial charge in [-0.05, 0) is 47.0 Å². The SMILES string of the molecule is CCn1nc(C)c(C(=O)N2CCCCC2c2nc(C)no2)c1C. The summed E-state index contributed by atoms with van der Waals surface area (Å²) >= 11 is 0. The van der Waals surface area contributed by atoms with E-state index in [0.717, 1.165) is 37.2 Å². The first-order valence-electron chi connectivity index (χ1n) is 8.18. The zero-order valence-corrected chi connectivity index (χ0v) is 14.2. The van der Waals surface area contributed by atoms with Crippen molar-refractivity contribution in [1.29, 1.82) is 0 Å². The van der Waals surface area contributed by atoms with Gasteiger partial charge in [0.25, 0.3) is 5.91 Å². The van der Waals surface area contributed by atoms with E-state index in [4.69, 9.17) is 4.52 Å². The van der Waals surface area contributed by atoms with Crippen LogP contribution in [0.4, 0.5) is 0 Å². The monoisotopic (exact) mass is 317 g/mol. The lowest BCUT2D eigenvalue weighted by Gasteiger charge is -2.33. The number of hydrogen-bond donors (Lipinski definition) is 0. The van der Waals surface area contributed by atoms with E-state index < -0.39 is 0 Å². The van der Waals surface area contributed by atoms with Gasteiger partial charge in [-0.3, -0.25) is 9.48 Å². The molecule has 1 aliphatic rings. The lowest BCUT2D eigenvalue weighted by Crippen LogP contribution is -2.39. The summed E-state index contributed by atoms with van der Waals surface area (Å²) < 4.78 is 7.20. The molecule has 2 aromatic heterocycles. The van der Waals surface area contributed by atoms with Crippen LogP contribution < -0.4 is 0 Å². The molecule has 124 valence electrons. The summed E-state index contributed by atoms with van der Waals surface area (Å²) in [4.78, 5) is 19.3. The molecule has 1 unspecified atom stereocenters. The fourth-order valence-electron chi connectivity index (χ4n) is 3.34. The molecule has 0 aromatic carbocycles. The van der Waals surface area contributed by atoms with Crippen molar-refractivity contribution in [2.24, 2.45) is 0 Å². The van der Waals surface area contributed by atoms with Crippen molar-refractivity contribution in [2.75, 3.05) is 6.54 Å². The third-order valence-electron chi connectivity index (χ3n) is 4.49. The number of rotatable bonds is 3. The highest BCUT2D eigenvalue weighted by Gasteiger charge is 2.34. The molecule has 1 fully saturated rings. The molecule has 0 bridgehead atoms. The number of carbonyl (C=O) groups is 1. The van der Waals surface area contributed by atoms with Crippen LogP contribution >= 0.6 is 0 Å². The number of likely N-dealkylation sites (tertiary alicyclic amines) is 1. The van der Waals surface area contributed by atoms with E-state index in [-0.39, 0.29) is 11.9 Å². The quantitative estimate of drug-likeness (QED) is 0.869. The number of nitrogens with zero attached hydrogens (tertiary/aromatic N) is 5. The molecule has 0 saturated carbocycles. The molecule has 1 aliphatic heterocycles. The van der Waals surface area contributed by atoms with Crippen molar-refractivity contribution >= 4 is 5.91 Å². The van der Waals surface area contributed by atoms with Crippen molar-refractivity contribution in [3.8, 4) is 0 Å². The lowest BCUT2D eigenvalue weighted by molar-refractivity contribution is 0.0559. The minimum Gasteiger partial charge on any atom is -0.337 e. The molecule has 3 rings (SSSR count). The van der Waals surface area contributed by atoms with E-state index >= 15 is 0 Å². The van der Waals surface area contributed by atoms with Crippen molar-refractivity contribution in [2.45, 2.75) is 59.5 Å². The second kappa shape index (κ2) is 6.14. The molecule has 1 saturated heterocycles. The normalized spacial score (nSPS) is 18.4. The Kier molecular flexibility index (Phi) is 4.19. The number of carbonyl (C=O) groups excluding carboxylic acids is 1. The van der Waals surface area contributed by atoms with E-state index in [1.807, 2.05) is 30.4 Å². The van der Waals surface area contributed by atoms with E-state index in [2.05, 4.69) is 15.2 Å². The molecule has 7 heteroatoms. The summed E-state index contributed by atoms with van der Waals surface area (Å²) in [5, 5.41) is 8.33. The Hall–Kier alpha value is -2.18. The summed E-state index contributed by atoms with van der Waals surface area (Å²) in [6.45, 7) is 9.13. The summed E-state index contributed by atoms with van der Waals surface area (Å²) in [5.41, 5.74) is 2.40. The Bertz CT molecular complexity index is 718. The van der Waals surface area contributed by atoms with Crippen LogP contribution in [-0.4, -0.2) is 37.3 Å². The van der Waals surface area contributed by atoms with Gasteiger partial charge < -0.3 is 9.42 Å². The van der Waals surface area contributed by atoms with Gasteiger partial charge in [-0.2, -0.15) is 10.1 Å². The van der Waals surface area contributed by atoms with Gasteiger partial charge in [0.15, 0.2) is 5.82 Å². The lowest BCUT2D eigenvalue weighted by atomic mass is 10.00. The van der Waals surface area contributed by atoms with Gasteiger partial charge in [-0.15, -0.1) is 0 Å². The third kappa shape index (κ3) is 2.75. The highest BCUT2D eigenvalue weighted by molar-refractivity contribution is 5.96. The van der Waals surface area contributed by atoms with Crippen molar-refractivity contribution < 1.29 is 9.32 Å². The summed E-state index contributed by atoms with van der Waals surface area (Å²) in [7, 11) is 0. The maximum Gasteiger partial charge on any atom is 0.258 e. The van der Waals surface area contributed by atoms with Gasteiger partial charge in [0.2, 0.25) is 5.89 Å². The molecule has 23 heavy (non-hydrogen) atoms. The van der Waals surface area contributed by atoms with Gasteiger partial charge >= 0.3 is 0 Å². The predicted octanol–water partition coefficient (Wildman–Crippen LogP) is 2.58. The fraction of sp³-hybridized carbons (Fsp3) is 0.625. The van der Waals surface area contributed by atoms with Gasteiger partial charge in [0.05, 0.1) is 11.3 Å². The fourth-order valence-corrected chi connectivity index (χ4v) is 3.34. The minimum atomic E-state index is -0.138. The van der Waals surface area contributed by atoms with Crippen LogP contribution in [0, 0.1) is 20.8 Å². The second-order valence-corrected chi connectivity index (χ2v) is 6.05. The standard InChI is InChI=1S/C16H23N5O2/c1-5-21-11(3)14(10(2)18-21)16(22)20-9-7-6-8-13(20)15-17-12(4)19-23-15/h13H,5-9H2,1-4H3. The van der Waals surface area contributed by atoms with Gasteiger partial charge in [0.1, 0.15) is 6.04 Å². The maximum absolute atomic E-state index is 13.1. The number of hydrogen-bond acceptors (Lipinski definition) is 5. The second-order valence-electron chi connectivity index (χ2n) is 6.05. The van der Waals surface area contributed by atoms with Crippen LogP contribution in [0.3, 0.4) is 0 Å². The Morgan fingerprint density at radius 2 is 2.09 bits per heavy atom. The first kappa shape index (κ1) is 15.7. The van der Waals surface area contributed by atoms with Gasteiger partial charge in [-0.1, -0.05) is 5.16 Å². The third-order valence-corrected chi connectivity index (χ3v) is 4.49. The topological polar surface area (TPSA) is 77.1 Å². The molecule has 3 heterocycles. The molecule has 2 aromatic rings. The highest BCUT2D eigenvalue weighted by Crippen LogP contribution is 2.32. The van der Waals surface area contributed by atoms with E-state index in [1.54, 1.807) is 6.92 Å². The molecule has 0 aliphatic carbocycles. The van der Waals surface area contributed by atoms with Crippen LogP contribution in [-0.2, 0) is 6.54 Å². The Morgan fingerprint density at radius 3 is 2.70 bits per heavy atom. The van der Waals surface area contributed by atoms with Crippen molar-refractivity contribution in [3.63, 3.8) is 0 Å². The van der Waals surface area contributed by atoms with Gasteiger partial charge in [0, 0.05) is 18.8 Å². The summed E-state index contributed by atoms with van der Waals surface area (Å²) in [6.07, 6.45) is 2.91. The Labute approximate surface area is 135 Å². The van der Waals surface area contributed by atoms with Crippen molar-refractivity contribution in [1.82, 2.24) is 24.8 Å². The van der Waals surface area contributed by atoms with Crippen LogP contribution in [0.1, 0.15) is 65.7 Å². The smallest absolute Gasteiger partial charge is 0.258 e. The number of piperidine rings is 1. The molecular weight excluding hydrogens is 294 g/mol. The molecular formula is C16H23N5O2. The van der Waals surface area contributed by atoms with Crippen LogP contribution in [0.25, 0.3) is 0 Å². The van der Waals surface area contributed by atoms with E-state index in [1.165, 1.54) is 0 Å². The van der Waals surface area contributed by atoms with Crippen LogP contribution in [0.2, 0.25) is 0 Å². The average molecular weight is 317 g/mol. The Morgan fingerprint density at radius 1 is 1.30 bits per heavy atom. The number of amides is 1. The maximum atomic E-state index is 13.1. The van der Waals surface area contributed by atoms with Gasteiger partial charge in [-0.25, -0.2) is 0 Å². The molecule has 0 radical (unpaired) electrons. The molecule has 1 amide bonds. The largest absolute Gasteiger partial charge is 0.337 e. The average Bonchev–Trinajstić information content (AvgIpc) is 3.10. The number of aromatic nitrogens is 4. The molecule has 7 nitrogen and oxygen atoms in total. The summed E-state index contributed by atoms with van der Waals surface area (Å²) in [5.74, 6) is 1.15. The Balaban J connectivity index is 1.94. The van der Waals surface area contributed by atoms with Crippen LogP contribution in [0.15, 0.2) is 4.52 Å². The zero-order valence-electron chi connectivity index (χ0n) is 14.2. The molecule has 1 atom stereocenters. The van der Waals surface area contributed by atoms with E-state index in [9.17, 15) is 4.79 Å².